The third-order valence-electron chi connectivity index (χ3n) is 2.66. The molecule has 1 aromatic carbocycles. The number of halogens is 1. The van der Waals surface area contributed by atoms with Crippen LogP contribution in [0.1, 0.15) is 19.3 Å². The highest BCUT2D eigenvalue weighted by Gasteiger charge is 2.06. The SMILES string of the molecule is COC(=O)CCSCCCC(=O)Nc1ccc(Cl)cc1N. The van der Waals surface area contributed by atoms with Crippen molar-refractivity contribution < 1.29 is 14.3 Å². The summed E-state index contributed by atoms with van der Waals surface area (Å²) in [6.45, 7) is 0. The molecule has 3 N–H and O–H groups in total. The first kappa shape index (κ1) is 17.7. The van der Waals surface area contributed by atoms with E-state index >= 15 is 0 Å². The van der Waals surface area contributed by atoms with E-state index in [1.54, 1.807) is 30.0 Å². The maximum Gasteiger partial charge on any atom is 0.306 e. The summed E-state index contributed by atoms with van der Waals surface area (Å²) in [4.78, 5) is 22.6. The largest absolute Gasteiger partial charge is 0.469 e. The number of amides is 1. The summed E-state index contributed by atoms with van der Waals surface area (Å²) in [5.41, 5.74) is 6.78. The second-order valence-electron chi connectivity index (χ2n) is 4.32. The van der Waals surface area contributed by atoms with Gasteiger partial charge in [0.15, 0.2) is 0 Å². The van der Waals surface area contributed by atoms with Gasteiger partial charge >= 0.3 is 5.97 Å². The highest BCUT2D eigenvalue weighted by molar-refractivity contribution is 7.99. The minimum atomic E-state index is -0.210. The summed E-state index contributed by atoms with van der Waals surface area (Å²) in [5, 5.41) is 3.28. The van der Waals surface area contributed by atoms with Crippen LogP contribution in [0.5, 0.6) is 0 Å². The van der Waals surface area contributed by atoms with Crippen LogP contribution >= 0.6 is 23.4 Å². The molecular weight excluding hydrogens is 312 g/mol. The second kappa shape index (κ2) is 9.52. The molecule has 0 aliphatic heterocycles. The molecule has 0 fully saturated rings. The summed E-state index contributed by atoms with van der Waals surface area (Å²) in [6.07, 6.45) is 1.55. The number of nitrogens with two attached hydrogens (primary N) is 1. The molecule has 116 valence electrons. The van der Waals surface area contributed by atoms with E-state index in [1.807, 2.05) is 0 Å². The molecule has 21 heavy (non-hydrogen) atoms. The van der Waals surface area contributed by atoms with Crippen LogP contribution in [0.15, 0.2) is 18.2 Å². The van der Waals surface area contributed by atoms with Crippen LogP contribution in [0.25, 0.3) is 0 Å². The normalized spacial score (nSPS) is 10.2. The Morgan fingerprint density at radius 1 is 1.33 bits per heavy atom. The zero-order valence-electron chi connectivity index (χ0n) is 11.9. The highest BCUT2D eigenvalue weighted by atomic mass is 35.5. The second-order valence-corrected chi connectivity index (χ2v) is 5.98. The number of rotatable bonds is 8. The molecule has 0 unspecified atom stereocenters. The number of ether oxygens (including phenoxy) is 1. The first-order valence-electron chi connectivity index (χ1n) is 6.52. The Morgan fingerprint density at radius 2 is 2.10 bits per heavy atom. The first-order valence-corrected chi connectivity index (χ1v) is 8.05. The van der Waals surface area contributed by atoms with Crippen molar-refractivity contribution in [2.45, 2.75) is 19.3 Å². The lowest BCUT2D eigenvalue weighted by Crippen LogP contribution is -2.12. The fourth-order valence-corrected chi connectivity index (χ4v) is 2.60. The van der Waals surface area contributed by atoms with Gasteiger partial charge in [-0.1, -0.05) is 11.6 Å². The van der Waals surface area contributed by atoms with Gasteiger partial charge < -0.3 is 15.8 Å². The third kappa shape index (κ3) is 7.24. The number of esters is 1. The lowest BCUT2D eigenvalue weighted by atomic mass is 10.2. The van der Waals surface area contributed by atoms with Crippen LogP contribution in [-0.4, -0.2) is 30.5 Å². The third-order valence-corrected chi connectivity index (χ3v) is 3.96. The van der Waals surface area contributed by atoms with E-state index in [0.29, 0.717) is 35.0 Å². The first-order chi connectivity index (χ1) is 10.0. The van der Waals surface area contributed by atoms with Gasteiger partial charge in [0.25, 0.3) is 0 Å². The lowest BCUT2D eigenvalue weighted by molar-refractivity contribution is -0.140. The van der Waals surface area contributed by atoms with E-state index in [2.05, 4.69) is 10.1 Å². The predicted molar refractivity (Wildman–Crippen MR) is 87.7 cm³/mol. The summed E-state index contributed by atoms with van der Waals surface area (Å²) in [7, 11) is 1.37. The molecule has 0 spiro atoms. The van der Waals surface area contributed by atoms with Crippen LogP contribution in [-0.2, 0) is 14.3 Å². The van der Waals surface area contributed by atoms with Gasteiger partial charge in [0.05, 0.1) is 24.9 Å². The molecule has 1 amide bonds. The van der Waals surface area contributed by atoms with Gasteiger partial charge in [-0.3, -0.25) is 9.59 Å². The molecule has 7 heteroatoms. The molecule has 0 saturated carbocycles. The standard InChI is InChI=1S/C14H19ClN2O3S/c1-20-14(19)6-8-21-7-2-3-13(18)17-12-5-4-10(15)9-11(12)16/h4-5,9H,2-3,6-8,16H2,1H3,(H,17,18). The Bertz CT molecular complexity index is 497. The topological polar surface area (TPSA) is 81.4 Å². The van der Waals surface area contributed by atoms with Crippen LogP contribution < -0.4 is 11.1 Å². The molecule has 0 bridgehead atoms. The van der Waals surface area contributed by atoms with Gasteiger partial charge in [-0.2, -0.15) is 11.8 Å². The lowest BCUT2D eigenvalue weighted by Gasteiger charge is -2.08. The summed E-state index contributed by atoms with van der Waals surface area (Å²) in [5.74, 6) is 1.23. The van der Waals surface area contributed by atoms with Crippen molar-refractivity contribution in [1.29, 1.82) is 0 Å². The number of nitrogen functional groups attached to an aromatic ring is 1. The Kier molecular flexibility index (Phi) is 8.00. The zero-order valence-corrected chi connectivity index (χ0v) is 13.4. The minimum absolute atomic E-state index is 0.0856. The number of thioether (sulfide) groups is 1. The Balaban J connectivity index is 2.18. The van der Waals surface area contributed by atoms with E-state index in [-0.39, 0.29) is 11.9 Å². The molecule has 0 atom stereocenters. The van der Waals surface area contributed by atoms with E-state index in [1.165, 1.54) is 7.11 Å². The van der Waals surface area contributed by atoms with Gasteiger partial charge in [0.2, 0.25) is 5.91 Å². The Hall–Kier alpha value is -1.40. The smallest absolute Gasteiger partial charge is 0.306 e. The van der Waals surface area contributed by atoms with Gasteiger partial charge in [0.1, 0.15) is 0 Å². The number of carbonyl (C=O) groups excluding carboxylic acids is 2. The Labute approximate surface area is 133 Å². The average Bonchev–Trinajstić information content (AvgIpc) is 2.45. The molecule has 0 aromatic heterocycles. The van der Waals surface area contributed by atoms with E-state index < -0.39 is 0 Å². The number of benzene rings is 1. The molecule has 0 radical (unpaired) electrons. The van der Waals surface area contributed by atoms with Crippen LogP contribution in [0.3, 0.4) is 0 Å². The number of methoxy groups -OCH3 is 1. The average molecular weight is 331 g/mol. The number of hydrogen-bond acceptors (Lipinski definition) is 5. The van der Waals surface area contributed by atoms with Gasteiger partial charge in [-0.25, -0.2) is 0 Å². The fraction of sp³-hybridized carbons (Fsp3) is 0.429. The number of anilines is 2. The van der Waals surface area contributed by atoms with Gasteiger partial charge in [-0.15, -0.1) is 0 Å². The maximum absolute atomic E-state index is 11.8. The number of nitrogens with one attached hydrogen (secondary N) is 1. The molecule has 5 nitrogen and oxygen atoms in total. The van der Waals surface area contributed by atoms with Gasteiger partial charge in [-0.05, 0) is 30.4 Å². The predicted octanol–water partition coefficient (Wildman–Crippen LogP) is 2.94. The molecule has 0 heterocycles. The zero-order chi connectivity index (χ0) is 15.7. The number of carbonyl (C=O) groups is 2. The molecule has 0 aliphatic rings. The van der Waals surface area contributed by atoms with Crippen molar-refractivity contribution in [3.63, 3.8) is 0 Å². The molecule has 1 aromatic rings. The van der Waals surface area contributed by atoms with Crippen molar-refractivity contribution >= 4 is 46.6 Å². The van der Waals surface area contributed by atoms with Crippen molar-refractivity contribution in [3.05, 3.63) is 23.2 Å². The molecule has 0 saturated heterocycles. The summed E-state index contributed by atoms with van der Waals surface area (Å²) in [6, 6.07) is 4.96. The summed E-state index contributed by atoms with van der Waals surface area (Å²) < 4.78 is 4.54. The van der Waals surface area contributed by atoms with Crippen LogP contribution in [0.4, 0.5) is 11.4 Å². The van der Waals surface area contributed by atoms with Crippen molar-refractivity contribution in [2.75, 3.05) is 29.7 Å². The monoisotopic (exact) mass is 330 g/mol. The van der Waals surface area contributed by atoms with Crippen LogP contribution in [0.2, 0.25) is 5.02 Å². The fourth-order valence-electron chi connectivity index (χ4n) is 1.55. The highest BCUT2D eigenvalue weighted by Crippen LogP contribution is 2.22. The molecule has 0 aliphatic carbocycles. The van der Waals surface area contributed by atoms with E-state index in [9.17, 15) is 9.59 Å². The quantitative estimate of drug-likeness (QED) is 0.435. The molecular formula is C14H19ClN2O3S. The Morgan fingerprint density at radius 3 is 2.76 bits per heavy atom. The van der Waals surface area contributed by atoms with E-state index in [4.69, 9.17) is 17.3 Å². The number of hydrogen-bond donors (Lipinski definition) is 2. The van der Waals surface area contributed by atoms with E-state index in [0.717, 1.165) is 12.2 Å². The van der Waals surface area contributed by atoms with Crippen molar-refractivity contribution in [1.82, 2.24) is 0 Å². The molecule has 1 rings (SSSR count). The maximum atomic E-state index is 11.8. The van der Waals surface area contributed by atoms with Crippen molar-refractivity contribution in [2.24, 2.45) is 0 Å². The minimum Gasteiger partial charge on any atom is -0.469 e. The van der Waals surface area contributed by atoms with Gasteiger partial charge in [0, 0.05) is 17.2 Å². The van der Waals surface area contributed by atoms with Crippen molar-refractivity contribution in [3.8, 4) is 0 Å². The summed E-state index contributed by atoms with van der Waals surface area (Å²) >= 11 is 7.42. The van der Waals surface area contributed by atoms with Crippen LogP contribution in [0, 0.1) is 0 Å².